The number of carbonyl (C=O) groups is 5. The third kappa shape index (κ3) is 6.85. The molecule has 49 heavy (non-hydrogen) atoms. The first-order chi connectivity index (χ1) is 23.0. The molecule has 2 heterocycles. The SMILES string of the molecule is CCCCOC(=O)C[C@H](OC(C)=O)C(=O)O[C@@H](CC(=O)OC(C)(C)C)C(=O)OC1=CC[C@@]2(O)[C@H]3Cc4ccc(O)c5c4[C@@]2(CCN3C)[C@H]1O5. The van der Waals surface area contributed by atoms with Gasteiger partial charge in [0.1, 0.15) is 11.4 Å². The van der Waals surface area contributed by atoms with Gasteiger partial charge < -0.3 is 43.5 Å². The van der Waals surface area contributed by atoms with E-state index in [0.717, 1.165) is 18.9 Å². The average molecular weight is 688 g/mol. The molecule has 14 heteroatoms. The number of hydrogen-bond donors (Lipinski definition) is 2. The zero-order chi connectivity index (χ0) is 35.9. The summed E-state index contributed by atoms with van der Waals surface area (Å²) in [6.07, 6.45) is -2.21. The lowest BCUT2D eigenvalue weighted by Gasteiger charge is -2.61. The monoisotopic (exact) mass is 687 g/mol. The molecule has 6 atom stereocenters. The Morgan fingerprint density at radius 1 is 1.06 bits per heavy atom. The van der Waals surface area contributed by atoms with Crippen LogP contribution in [-0.4, -0.2) is 101 Å². The predicted octanol–water partition coefficient (Wildman–Crippen LogP) is 2.52. The summed E-state index contributed by atoms with van der Waals surface area (Å²) >= 11 is 0. The van der Waals surface area contributed by atoms with Crippen molar-refractivity contribution >= 4 is 29.8 Å². The molecule has 14 nitrogen and oxygen atoms in total. The fourth-order valence-corrected chi connectivity index (χ4v) is 7.46. The van der Waals surface area contributed by atoms with Gasteiger partial charge in [-0.2, -0.15) is 0 Å². The van der Waals surface area contributed by atoms with Gasteiger partial charge in [-0.15, -0.1) is 0 Å². The van der Waals surface area contributed by atoms with Gasteiger partial charge >= 0.3 is 29.8 Å². The number of phenolic OH excluding ortho intramolecular Hbond substituents is 1. The fourth-order valence-electron chi connectivity index (χ4n) is 7.46. The van der Waals surface area contributed by atoms with Gasteiger partial charge in [0, 0.05) is 24.9 Å². The van der Waals surface area contributed by atoms with E-state index in [1.807, 2.05) is 20.0 Å². The molecular weight excluding hydrogens is 642 g/mol. The summed E-state index contributed by atoms with van der Waals surface area (Å²) in [6.45, 7) is 8.49. The van der Waals surface area contributed by atoms with Crippen molar-refractivity contribution in [3.8, 4) is 11.5 Å². The van der Waals surface area contributed by atoms with E-state index < -0.39 is 77.6 Å². The number of piperidine rings is 1. The van der Waals surface area contributed by atoms with E-state index in [2.05, 4.69) is 4.90 Å². The average Bonchev–Trinajstić information content (AvgIpc) is 3.36. The number of nitrogens with zero attached hydrogens (tertiary/aromatic N) is 1. The molecule has 1 spiro atoms. The minimum absolute atomic E-state index is 0.0164. The van der Waals surface area contributed by atoms with Crippen molar-refractivity contribution in [3.63, 3.8) is 0 Å². The van der Waals surface area contributed by atoms with Crippen LogP contribution in [0.25, 0.3) is 0 Å². The van der Waals surface area contributed by atoms with E-state index >= 15 is 0 Å². The van der Waals surface area contributed by atoms with Crippen LogP contribution >= 0.6 is 0 Å². The number of phenols is 1. The summed E-state index contributed by atoms with van der Waals surface area (Å²) in [7, 11) is 1.94. The van der Waals surface area contributed by atoms with Gasteiger partial charge in [0.05, 0.1) is 30.5 Å². The van der Waals surface area contributed by atoms with Crippen molar-refractivity contribution in [2.24, 2.45) is 0 Å². The lowest BCUT2D eigenvalue weighted by molar-refractivity contribution is -0.185. The minimum Gasteiger partial charge on any atom is -0.504 e. The molecular formula is C35H45NO13. The van der Waals surface area contributed by atoms with E-state index in [1.54, 1.807) is 26.8 Å². The number of aliphatic hydroxyl groups is 1. The van der Waals surface area contributed by atoms with Crippen LogP contribution in [0.4, 0.5) is 0 Å². The van der Waals surface area contributed by atoms with Crippen molar-refractivity contribution < 1.29 is 62.6 Å². The molecule has 1 aromatic carbocycles. The summed E-state index contributed by atoms with van der Waals surface area (Å²) in [6, 6.07) is 3.07. The van der Waals surface area contributed by atoms with Crippen LogP contribution in [0.15, 0.2) is 24.0 Å². The highest BCUT2D eigenvalue weighted by molar-refractivity contribution is 5.88. The molecule has 0 amide bonds. The van der Waals surface area contributed by atoms with Crippen LogP contribution in [0.2, 0.25) is 0 Å². The lowest BCUT2D eigenvalue weighted by atomic mass is 9.50. The second kappa shape index (κ2) is 13.6. The first-order valence-electron chi connectivity index (χ1n) is 16.6. The van der Waals surface area contributed by atoms with E-state index in [-0.39, 0.29) is 36.3 Å². The molecule has 0 saturated carbocycles. The molecule has 2 aliphatic heterocycles. The number of likely N-dealkylation sites (tertiary alicyclic amines) is 1. The van der Waals surface area contributed by atoms with Crippen molar-refractivity contribution in [1.82, 2.24) is 4.90 Å². The fraction of sp³-hybridized carbons (Fsp3) is 0.629. The van der Waals surface area contributed by atoms with Crippen molar-refractivity contribution in [2.45, 2.75) is 121 Å². The van der Waals surface area contributed by atoms with E-state index in [1.165, 1.54) is 6.07 Å². The number of rotatable bonds is 12. The minimum atomic E-state index is -1.89. The van der Waals surface area contributed by atoms with Gasteiger partial charge in [0.25, 0.3) is 0 Å². The second-order valence-corrected chi connectivity index (χ2v) is 14.1. The molecule has 4 aliphatic rings. The summed E-state index contributed by atoms with van der Waals surface area (Å²) in [5.74, 6) is -4.94. The highest BCUT2D eigenvalue weighted by Gasteiger charge is 2.72. The van der Waals surface area contributed by atoms with Crippen LogP contribution in [0.3, 0.4) is 0 Å². The maximum atomic E-state index is 13.9. The van der Waals surface area contributed by atoms with Crippen LogP contribution < -0.4 is 4.74 Å². The third-order valence-electron chi connectivity index (χ3n) is 9.55. The molecule has 0 aromatic heterocycles. The van der Waals surface area contributed by atoms with Crippen molar-refractivity contribution in [3.05, 3.63) is 35.1 Å². The number of benzene rings is 1. The third-order valence-corrected chi connectivity index (χ3v) is 9.55. The second-order valence-electron chi connectivity index (χ2n) is 14.1. The highest BCUT2D eigenvalue weighted by atomic mass is 16.6. The van der Waals surface area contributed by atoms with Gasteiger partial charge in [-0.1, -0.05) is 19.4 Å². The van der Waals surface area contributed by atoms with Gasteiger partial charge in [-0.25, -0.2) is 9.59 Å². The Bertz CT molecular complexity index is 1550. The first-order valence-corrected chi connectivity index (χ1v) is 16.6. The smallest absolute Gasteiger partial charge is 0.353 e. The molecule has 5 rings (SSSR count). The summed E-state index contributed by atoms with van der Waals surface area (Å²) < 4.78 is 33.1. The largest absolute Gasteiger partial charge is 0.504 e. The zero-order valence-electron chi connectivity index (χ0n) is 28.7. The van der Waals surface area contributed by atoms with E-state index in [4.69, 9.17) is 28.4 Å². The first kappa shape index (κ1) is 36.1. The van der Waals surface area contributed by atoms with Gasteiger partial charge in [0.2, 0.25) is 12.2 Å². The molecule has 268 valence electrons. The summed E-state index contributed by atoms with van der Waals surface area (Å²) in [5, 5.41) is 23.2. The number of esters is 5. The Morgan fingerprint density at radius 3 is 2.43 bits per heavy atom. The van der Waals surface area contributed by atoms with Crippen LogP contribution in [0.5, 0.6) is 11.5 Å². The van der Waals surface area contributed by atoms with Crippen LogP contribution in [0, 0.1) is 0 Å². The quantitative estimate of drug-likeness (QED) is 0.186. The molecule has 2 aliphatic carbocycles. The molecule has 1 aromatic rings. The Balaban J connectivity index is 1.42. The molecule has 0 unspecified atom stereocenters. The van der Waals surface area contributed by atoms with Crippen molar-refractivity contribution in [2.75, 3.05) is 20.2 Å². The number of hydrogen-bond acceptors (Lipinski definition) is 14. The predicted molar refractivity (Wildman–Crippen MR) is 169 cm³/mol. The van der Waals surface area contributed by atoms with Crippen LogP contribution in [0.1, 0.15) is 84.3 Å². The van der Waals surface area contributed by atoms with Gasteiger partial charge in [-0.05, 0) is 71.3 Å². The number of carbonyl (C=O) groups excluding carboxylic acids is 5. The molecule has 2 bridgehead atoms. The van der Waals surface area contributed by atoms with E-state index in [9.17, 15) is 34.2 Å². The Hall–Kier alpha value is -4.17. The summed E-state index contributed by atoms with van der Waals surface area (Å²) in [4.78, 5) is 66.4. The zero-order valence-corrected chi connectivity index (χ0v) is 28.7. The molecule has 1 fully saturated rings. The number of aromatic hydroxyl groups is 1. The highest BCUT2D eigenvalue weighted by Crippen LogP contribution is 2.65. The maximum absolute atomic E-state index is 13.9. The lowest BCUT2D eigenvalue weighted by Crippen LogP contribution is -2.74. The van der Waals surface area contributed by atoms with E-state index in [0.29, 0.717) is 31.4 Å². The Labute approximate surface area is 284 Å². The Morgan fingerprint density at radius 2 is 1.76 bits per heavy atom. The van der Waals surface area contributed by atoms with Gasteiger partial charge in [-0.3, -0.25) is 14.4 Å². The van der Waals surface area contributed by atoms with Crippen molar-refractivity contribution in [1.29, 1.82) is 0 Å². The van der Waals surface area contributed by atoms with Crippen LogP contribution in [-0.2, 0) is 59.5 Å². The standard InChI is InChI=1S/C35H45NO13/c1-7-8-15-44-26(39)17-23(45-19(2)37)31(41)47-24(18-27(40)49-33(3,4)5)32(42)46-22-11-12-35(43)25-16-20-9-10-21(38)29-28(20)34(35,30(22)48-29)13-14-36(25)6/h9-11,23-25,30,38,43H,7-8,12-18H2,1-6H3/t23-,24-,25+,30-,34-,35+/m0/s1. The molecule has 1 saturated heterocycles. The topological polar surface area (TPSA) is 184 Å². The molecule has 2 N–H and O–H groups in total. The molecule has 0 radical (unpaired) electrons. The number of likely N-dealkylation sites (N-methyl/N-ethyl adjacent to an activating group) is 1. The maximum Gasteiger partial charge on any atom is 0.353 e. The number of ether oxygens (including phenoxy) is 6. The normalized spacial score (nSPS) is 26.2. The Kier molecular flexibility index (Phi) is 10.0. The summed E-state index contributed by atoms with van der Waals surface area (Å²) in [5.41, 5.74) is -1.74. The number of unbranched alkanes of at least 4 members (excludes halogenated alkanes) is 1. The van der Waals surface area contributed by atoms with Gasteiger partial charge in [0.15, 0.2) is 17.6 Å².